The second kappa shape index (κ2) is 5.76. The Morgan fingerprint density at radius 3 is 2.82 bits per heavy atom. The lowest BCUT2D eigenvalue weighted by atomic mass is 10.2. The summed E-state index contributed by atoms with van der Waals surface area (Å²) in [6.45, 7) is 1.47. The van der Waals surface area contributed by atoms with Crippen LogP contribution in [0.2, 0.25) is 0 Å². The number of H-pyrrole nitrogens is 1. The van der Waals surface area contributed by atoms with Crippen LogP contribution in [0, 0.1) is 0 Å². The molecule has 2 heterocycles. The van der Waals surface area contributed by atoms with Crippen LogP contribution in [0.25, 0.3) is 10.9 Å². The maximum absolute atomic E-state index is 12.2. The van der Waals surface area contributed by atoms with E-state index in [9.17, 15) is 14.4 Å². The Hall–Kier alpha value is -2.41. The number of nitrogens with one attached hydrogen (secondary N) is 1. The van der Waals surface area contributed by atoms with Gasteiger partial charge < -0.3 is 10.6 Å². The van der Waals surface area contributed by atoms with Crippen LogP contribution in [0.5, 0.6) is 0 Å². The molecule has 7 nitrogen and oxygen atoms in total. The number of amides is 1. The molecular weight excluding hydrogens is 284 g/mol. The van der Waals surface area contributed by atoms with Crippen LogP contribution in [-0.4, -0.2) is 39.5 Å². The summed E-state index contributed by atoms with van der Waals surface area (Å²) in [6.07, 6.45) is 1.02. The molecule has 1 amide bonds. The van der Waals surface area contributed by atoms with Crippen molar-refractivity contribution in [3.63, 3.8) is 0 Å². The van der Waals surface area contributed by atoms with Gasteiger partial charge in [0.05, 0.1) is 10.9 Å². The molecule has 7 heteroatoms. The number of likely N-dealkylation sites (tertiary alicyclic amines) is 1. The number of carbonyl (C=O) groups excluding carboxylic acids is 1. The molecule has 0 radical (unpaired) electrons. The van der Waals surface area contributed by atoms with Crippen LogP contribution in [-0.2, 0) is 11.3 Å². The number of carbonyl (C=O) groups is 1. The number of aromatic amines is 1. The predicted octanol–water partition coefficient (Wildman–Crippen LogP) is -0.361. The third kappa shape index (κ3) is 2.67. The second-order valence-electron chi connectivity index (χ2n) is 5.57. The van der Waals surface area contributed by atoms with Gasteiger partial charge in [-0.2, -0.15) is 0 Å². The van der Waals surface area contributed by atoms with E-state index in [0.29, 0.717) is 24.0 Å². The van der Waals surface area contributed by atoms with Crippen molar-refractivity contribution in [1.29, 1.82) is 0 Å². The first-order chi connectivity index (χ1) is 10.6. The van der Waals surface area contributed by atoms with E-state index in [4.69, 9.17) is 5.73 Å². The Kier molecular flexibility index (Phi) is 3.81. The highest BCUT2D eigenvalue weighted by molar-refractivity contribution is 5.79. The number of benzene rings is 1. The number of para-hydroxylation sites is 1. The number of nitrogens with zero attached hydrogens (tertiary/aromatic N) is 2. The van der Waals surface area contributed by atoms with Crippen LogP contribution in [0.3, 0.4) is 0 Å². The lowest BCUT2D eigenvalue weighted by molar-refractivity contribution is -0.130. The molecule has 2 aromatic rings. The summed E-state index contributed by atoms with van der Waals surface area (Å²) >= 11 is 0. The van der Waals surface area contributed by atoms with Crippen LogP contribution in [0.1, 0.15) is 12.8 Å². The zero-order chi connectivity index (χ0) is 15.7. The van der Waals surface area contributed by atoms with Gasteiger partial charge in [0.2, 0.25) is 5.91 Å². The lowest BCUT2D eigenvalue weighted by Gasteiger charge is -2.16. The zero-order valence-electron chi connectivity index (χ0n) is 12.1. The summed E-state index contributed by atoms with van der Waals surface area (Å²) in [7, 11) is 0. The monoisotopic (exact) mass is 302 g/mol. The topological polar surface area (TPSA) is 101 Å². The molecule has 1 atom stereocenters. The summed E-state index contributed by atoms with van der Waals surface area (Å²) in [6, 6.07) is 6.91. The molecule has 0 bridgehead atoms. The predicted molar refractivity (Wildman–Crippen MR) is 82.6 cm³/mol. The van der Waals surface area contributed by atoms with Gasteiger partial charge in [-0.1, -0.05) is 12.1 Å². The smallest absolute Gasteiger partial charge is 0.328 e. The van der Waals surface area contributed by atoms with Gasteiger partial charge in [-0.3, -0.25) is 19.1 Å². The number of hydrogen-bond donors (Lipinski definition) is 2. The molecule has 3 N–H and O–H groups in total. The molecule has 0 saturated carbocycles. The van der Waals surface area contributed by atoms with E-state index in [-0.39, 0.29) is 24.9 Å². The average Bonchev–Trinajstić information content (AvgIpc) is 2.93. The minimum Gasteiger partial charge on any atom is -0.341 e. The van der Waals surface area contributed by atoms with Crippen molar-refractivity contribution >= 4 is 16.8 Å². The van der Waals surface area contributed by atoms with Gasteiger partial charge in [-0.05, 0) is 18.6 Å². The number of aryl methyl sites for hydroxylation is 1. The van der Waals surface area contributed by atoms with Crippen LogP contribution >= 0.6 is 0 Å². The molecule has 1 unspecified atom stereocenters. The molecule has 1 saturated heterocycles. The fourth-order valence-electron chi connectivity index (χ4n) is 2.84. The molecular formula is C15H18N4O3. The number of rotatable bonds is 3. The van der Waals surface area contributed by atoms with E-state index in [2.05, 4.69) is 4.98 Å². The first-order valence-corrected chi connectivity index (χ1v) is 7.31. The second-order valence-corrected chi connectivity index (χ2v) is 5.57. The molecule has 1 aliphatic rings. The molecule has 22 heavy (non-hydrogen) atoms. The molecule has 0 spiro atoms. The number of aromatic nitrogens is 2. The largest absolute Gasteiger partial charge is 0.341 e. The SMILES string of the molecule is NC1CCN(C(=O)CCn2c(=O)[nH]c(=O)c3ccccc32)C1. The molecule has 1 fully saturated rings. The Morgan fingerprint density at radius 2 is 2.09 bits per heavy atom. The van der Waals surface area contributed by atoms with Crippen LogP contribution < -0.4 is 17.0 Å². The summed E-state index contributed by atoms with van der Waals surface area (Å²) in [5.41, 5.74) is 5.44. The van der Waals surface area contributed by atoms with Gasteiger partial charge in [0.15, 0.2) is 0 Å². The Labute approximate surface area is 126 Å². The highest BCUT2D eigenvalue weighted by Gasteiger charge is 2.23. The van der Waals surface area contributed by atoms with Crippen LogP contribution in [0.4, 0.5) is 0 Å². The van der Waals surface area contributed by atoms with E-state index in [0.717, 1.165) is 6.42 Å². The van der Waals surface area contributed by atoms with E-state index in [1.54, 1.807) is 29.2 Å². The van der Waals surface area contributed by atoms with Crippen molar-refractivity contribution in [2.75, 3.05) is 13.1 Å². The standard InChI is InChI=1S/C15H18N4O3/c16-10-5-7-18(9-10)13(20)6-8-19-12-4-2-1-3-11(12)14(21)17-15(19)22/h1-4,10H,5-9,16H2,(H,17,21,22). The van der Waals surface area contributed by atoms with Gasteiger partial charge in [-0.15, -0.1) is 0 Å². The van der Waals surface area contributed by atoms with Gasteiger partial charge in [-0.25, -0.2) is 4.79 Å². The number of hydrogen-bond acceptors (Lipinski definition) is 4. The third-order valence-corrected chi connectivity index (χ3v) is 4.03. The Balaban J connectivity index is 1.84. The molecule has 116 valence electrons. The lowest BCUT2D eigenvalue weighted by Crippen LogP contribution is -2.35. The molecule has 1 aromatic carbocycles. The minimum absolute atomic E-state index is 0.0184. The summed E-state index contributed by atoms with van der Waals surface area (Å²) < 4.78 is 1.44. The maximum Gasteiger partial charge on any atom is 0.328 e. The fourth-order valence-corrected chi connectivity index (χ4v) is 2.84. The quantitative estimate of drug-likeness (QED) is 0.808. The van der Waals surface area contributed by atoms with Crippen molar-refractivity contribution in [3.8, 4) is 0 Å². The summed E-state index contributed by atoms with van der Waals surface area (Å²) in [5.74, 6) is -0.0184. The van der Waals surface area contributed by atoms with Crippen molar-refractivity contribution < 1.29 is 4.79 Å². The van der Waals surface area contributed by atoms with Crippen LogP contribution in [0.15, 0.2) is 33.9 Å². The molecule has 1 aromatic heterocycles. The average molecular weight is 302 g/mol. The third-order valence-electron chi connectivity index (χ3n) is 4.03. The fraction of sp³-hybridized carbons (Fsp3) is 0.400. The Morgan fingerprint density at radius 1 is 1.32 bits per heavy atom. The molecule has 0 aliphatic carbocycles. The summed E-state index contributed by atoms with van der Waals surface area (Å²) in [5, 5.41) is 0.442. The van der Waals surface area contributed by atoms with Crippen molar-refractivity contribution in [2.24, 2.45) is 5.73 Å². The maximum atomic E-state index is 12.2. The molecule has 1 aliphatic heterocycles. The highest BCUT2D eigenvalue weighted by atomic mass is 16.2. The van der Waals surface area contributed by atoms with Gasteiger partial charge >= 0.3 is 5.69 Å². The van der Waals surface area contributed by atoms with Gasteiger partial charge in [0, 0.05) is 32.1 Å². The number of fused-ring (bicyclic) bond motifs is 1. The Bertz CT molecular complexity index is 823. The van der Waals surface area contributed by atoms with E-state index in [1.165, 1.54) is 4.57 Å². The number of nitrogens with two attached hydrogens (primary N) is 1. The van der Waals surface area contributed by atoms with Crippen molar-refractivity contribution in [2.45, 2.75) is 25.4 Å². The highest BCUT2D eigenvalue weighted by Crippen LogP contribution is 2.11. The van der Waals surface area contributed by atoms with E-state index < -0.39 is 11.2 Å². The van der Waals surface area contributed by atoms with E-state index in [1.807, 2.05) is 0 Å². The first-order valence-electron chi connectivity index (χ1n) is 7.31. The molecule has 3 rings (SSSR count). The van der Waals surface area contributed by atoms with Gasteiger partial charge in [0.1, 0.15) is 0 Å². The first kappa shape index (κ1) is 14.5. The zero-order valence-corrected chi connectivity index (χ0v) is 12.1. The van der Waals surface area contributed by atoms with E-state index >= 15 is 0 Å². The normalized spacial score (nSPS) is 18.0. The minimum atomic E-state index is -0.491. The van der Waals surface area contributed by atoms with Crippen molar-refractivity contribution in [3.05, 3.63) is 45.1 Å². The van der Waals surface area contributed by atoms with Crippen molar-refractivity contribution in [1.82, 2.24) is 14.5 Å². The van der Waals surface area contributed by atoms with Gasteiger partial charge in [0.25, 0.3) is 5.56 Å². The summed E-state index contributed by atoms with van der Waals surface area (Å²) in [4.78, 5) is 40.0.